The van der Waals surface area contributed by atoms with Crippen LogP contribution >= 0.6 is 0 Å². The van der Waals surface area contributed by atoms with Gasteiger partial charge in [-0.25, -0.2) is 5.43 Å². The Balaban J connectivity index is 1.36. The van der Waals surface area contributed by atoms with E-state index in [-0.39, 0.29) is 11.6 Å². The number of anilines is 1. The molecule has 0 saturated carbocycles. The van der Waals surface area contributed by atoms with Crippen LogP contribution in [0.4, 0.5) is 11.4 Å². The van der Waals surface area contributed by atoms with Crippen molar-refractivity contribution < 1.29 is 14.6 Å². The fraction of sp³-hybridized carbons (Fsp3) is 0.273. The molecule has 156 valence electrons. The smallest absolute Gasteiger partial charge is 0.276 e. The summed E-state index contributed by atoms with van der Waals surface area (Å²) in [6, 6.07) is 16.8. The summed E-state index contributed by atoms with van der Waals surface area (Å²) in [6.45, 7) is 4.75. The molecule has 1 amide bonds. The molecule has 2 aromatic carbocycles. The van der Waals surface area contributed by atoms with E-state index in [4.69, 9.17) is 0 Å². The normalized spacial score (nSPS) is 15.0. The molecule has 0 aromatic heterocycles. The van der Waals surface area contributed by atoms with Crippen molar-refractivity contribution in [1.29, 1.82) is 0 Å². The van der Waals surface area contributed by atoms with E-state index in [1.807, 2.05) is 6.07 Å². The first-order valence-corrected chi connectivity index (χ1v) is 9.99. The number of nitro groups is 1. The number of hydrogen-bond donors (Lipinski definition) is 2. The second-order valence-corrected chi connectivity index (χ2v) is 7.06. The Labute approximate surface area is 175 Å². The molecule has 8 nitrogen and oxygen atoms in total. The van der Waals surface area contributed by atoms with Gasteiger partial charge in [-0.2, -0.15) is 5.10 Å². The van der Waals surface area contributed by atoms with Crippen molar-refractivity contribution in [3.63, 3.8) is 0 Å². The van der Waals surface area contributed by atoms with E-state index in [2.05, 4.69) is 39.7 Å². The number of benzene rings is 2. The van der Waals surface area contributed by atoms with E-state index in [1.54, 1.807) is 30.4 Å². The zero-order chi connectivity index (χ0) is 21.2. The van der Waals surface area contributed by atoms with Gasteiger partial charge in [0.1, 0.15) is 0 Å². The maximum atomic E-state index is 12.0. The molecule has 1 aliphatic heterocycles. The van der Waals surface area contributed by atoms with Crippen LogP contribution in [-0.4, -0.2) is 49.8 Å². The quantitative estimate of drug-likeness (QED) is 0.393. The molecule has 2 aromatic rings. The fourth-order valence-corrected chi connectivity index (χ4v) is 3.41. The lowest BCUT2D eigenvalue weighted by Gasteiger charge is -2.33. The van der Waals surface area contributed by atoms with E-state index in [0.29, 0.717) is 12.0 Å². The number of carbonyl (C=O) groups is 1. The summed E-state index contributed by atoms with van der Waals surface area (Å²) in [5.74, 6) is -0.136. The molecule has 0 spiro atoms. The second-order valence-electron chi connectivity index (χ2n) is 7.06. The number of para-hydroxylation sites is 2. The average molecular weight is 408 g/mol. The molecule has 1 fully saturated rings. The lowest BCUT2D eigenvalue weighted by Crippen LogP contribution is -3.15. The second kappa shape index (κ2) is 10.9. The number of rotatable bonds is 8. The Bertz CT molecular complexity index is 906. The highest BCUT2D eigenvalue weighted by Crippen LogP contribution is 2.18. The first-order chi connectivity index (χ1) is 14.6. The van der Waals surface area contributed by atoms with Crippen LogP contribution in [0.5, 0.6) is 0 Å². The van der Waals surface area contributed by atoms with Gasteiger partial charge in [0.2, 0.25) is 5.91 Å². The zero-order valence-corrected chi connectivity index (χ0v) is 16.7. The fourth-order valence-electron chi connectivity index (χ4n) is 3.41. The highest BCUT2D eigenvalue weighted by Gasteiger charge is 2.20. The van der Waals surface area contributed by atoms with Crippen molar-refractivity contribution in [3.05, 3.63) is 76.4 Å². The summed E-state index contributed by atoms with van der Waals surface area (Å²) in [5.41, 5.74) is 4.26. The topological polar surface area (TPSA) is 92.3 Å². The van der Waals surface area contributed by atoms with Crippen LogP contribution in [0.2, 0.25) is 0 Å². The highest BCUT2D eigenvalue weighted by atomic mass is 16.6. The molecular weight excluding hydrogens is 382 g/mol. The molecule has 0 radical (unpaired) electrons. The van der Waals surface area contributed by atoms with Gasteiger partial charge in [-0.15, -0.1) is 0 Å². The minimum atomic E-state index is -0.430. The van der Waals surface area contributed by atoms with Crippen LogP contribution in [0.1, 0.15) is 12.0 Å². The average Bonchev–Trinajstić information content (AvgIpc) is 2.78. The maximum absolute atomic E-state index is 12.0. The van der Waals surface area contributed by atoms with Crippen LogP contribution in [0.15, 0.2) is 65.8 Å². The standard InChI is InChI=1S/C22H25N5O3/c28-22(24-23-13-6-8-19-7-4-5-11-21(19)27(29)30)12-14-25-15-17-26(18-16-25)20-9-2-1-3-10-20/h1-11,13H,12,14-18H2,(H,24,28)/p+1/b8-6+,23-13-. The Morgan fingerprint density at radius 1 is 1.13 bits per heavy atom. The third kappa shape index (κ3) is 6.25. The minimum absolute atomic E-state index is 0.0292. The summed E-state index contributed by atoms with van der Waals surface area (Å²) >= 11 is 0. The molecule has 0 unspecified atom stereocenters. The number of piperazine rings is 1. The van der Waals surface area contributed by atoms with E-state index in [9.17, 15) is 14.9 Å². The van der Waals surface area contributed by atoms with E-state index >= 15 is 0 Å². The van der Waals surface area contributed by atoms with E-state index in [0.717, 1.165) is 32.7 Å². The Kier molecular flexibility index (Phi) is 7.68. The molecule has 0 atom stereocenters. The van der Waals surface area contributed by atoms with Gasteiger partial charge in [0, 0.05) is 18.0 Å². The monoisotopic (exact) mass is 408 g/mol. The SMILES string of the molecule is O=C(CC[NH+]1CCN(c2ccccc2)CC1)N/N=C\C=C\c1ccccc1[N+](=O)[O-]. The summed E-state index contributed by atoms with van der Waals surface area (Å²) in [6.07, 6.45) is 4.98. The zero-order valence-electron chi connectivity index (χ0n) is 16.7. The van der Waals surface area contributed by atoms with E-state index < -0.39 is 4.92 Å². The molecule has 1 aliphatic rings. The summed E-state index contributed by atoms with van der Waals surface area (Å²) in [5, 5.41) is 14.8. The molecule has 30 heavy (non-hydrogen) atoms. The van der Waals surface area contributed by atoms with Crippen LogP contribution in [-0.2, 0) is 4.79 Å². The molecular formula is C22H26N5O3+. The first kappa shape index (κ1) is 21.2. The predicted octanol–water partition coefficient (Wildman–Crippen LogP) is 1.51. The number of carbonyl (C=O) groups excluding carboxylic acids is 1. The Hall–Kier alpha value is -3.52. The summed E-state index contributed by atoms with van der Waals surface area (Å²) in [4.78, 5) is 26.3. The van der Waals surface area contributed by atoms with Crippen molar-refractivity contribution in [2.75, 3.05) is 37.6 Å². The van der Waals surface area contributed by atoms with Gasteiger partial charge in [-0.1, -0.05) is 30.3 Å². The van der Waals surface area contributed by atoms with Gasteiger partial charge < -0.3 is 9.80 Å². The number of allylic oxidation sites excluding steroid dienone is 1. The first-order valence-electron chi connectivity index (χ1n) is 9.99. The molecule has 0 aliphatic carbocycles. The van der Waals surface area contributed by atoms with Gasteiger partial charge in [0.25, 0.3) is 5.69 Å². The van der Waals surface area contributed by atoms with Crippen molar-refractivity contribution in [2.24, 2.45) is 5.10 Å². The number of hydrazone groups is 1. The lowest BCUT2D eigenvalue weighted by atomic mass is 10.2. The van der Waals surface area contributed by atoms with Crippen molar-refractivity contribution in [1.82, 2.24) is 5.43 Å². The summed E-state index contributed by atoms with van der Waals surface area (Å²) < 4.78 is 0. The Morgan fingerprint density at radius 2 is 1.83 bits per heavy atom. The Morgan fingerprint density at radius 3 is 2.57 bits per heavy atom. The molecule has 0 bridgehead atoms. The number of quaternary nitrogens is 1. The van der Waals surface area contributed by atoms with Crippen molar-refractivity contribution in [3.8, 4) is 0 Å². The molecule has 8 heteroatoms. The number of nitro benzene ring substituents is 1. The molecule has 1 saturated heterocycles. The predicted molar refractivity (Wildman–Crippen MR) is 118 cm³/mol. The van der Waals surface area contributed by atoms with Crippen LogP contribution in [0.3, 0.4) is 0 Å². The van der Waals surface area contributed by atoms with Gasteiger partial charge in [-0.3, -0.25) is 14.9 Å². The van der Waals surface area contributed by atoms with Gasteiger partial charge >= 0.3 is 0 Å². The van der Waals surface area contributed by atoms with Crippen LogP contribution in [0.25, 0.3) is 6.08 Å². The number of nitrogens with zero attached hydrogens (tertiary/aromatic N) is 3. The van der Waals surface area contributed by atoms with Gasteiger partial charge in [0.15, 0.2) is 0 Å². The maximum Gasteiger partial charge on any atom is 0.276 e. The molecule has 1 heterocycles. The highest BCUT2D eigenvalue weighted by molar-refractivity contribution is 5.82. The number of amides is 1. The third-order valence-electron chi connectivity index (χ3n) is 5.06. The van der Waals surface area contributed by atoms with E-state index in [1.165, 1.54) is 22.9 Å². The van der Waals surface area contributed by atoms with Crippen molar-refractivity contribution >= 4 is 29.6 Å². The van der Waals surface area contributed by atoms with Gasteiger partial charge in [-0.05, 0) is 30.4 Å². The van der Waals surface area contributed by atoms with Crippen LogP contribution < -0.4 is 15.2 Å². The third-order valence-corrected chi connectivity index (χ3v) is 5.06. The number of nitrogens with one attached hydrogen (secondary N) is 2. The van der Waals surface area contributed by atoms with Crippen LogP contribution in [0, 0.1) is 10.1 Å². The minimum Gasteiger partial charge on any atom is -0.360 e. The number of hydrogen-bond acceptors (Lipinski definition) is 5. The molecule has 2 N–H and O–H groups in total. The summed E-state index contributed by atoms with van der Waals surface area (Å²) in [7, 11) is 0. The molecule has 3 rings (SSSR count). The largest absolute Gasteiger partial charge is 0.360 e. The lowest BCUT2D eigenvalue weighted by molar-refractivity contribution is -0.900. The van der Waals surface area contributed by atoms with Gasteiger partial charge in [0.05, 0.1) is 49.6 Å². The van der Waals surface area contributed by atoms with Crippen molar-refractivity contribution in [2.45, 2.75) is 6.42 Å².